The number of benzene rings is 2. The van der Waals surface area contributed by atoms with Crippen LogP contribution in [-0.4, -0.2) is 32.5 Å². The highest BCUT2D eigenvalue weighted by Crippen LogP contribution is 2.45. The summed E-state index contributed by atoms with van der Waals surface area (Å²) in [5, 5.41) is 7.22. The minimum absolute atomic E-state index is 0.340. The summed E-state index contributed by atoms with van der Waals surface area (Å²) in [5.74, 6) is 3.69. The summed E-state index contributed by atoms with van der Waals surface area (Å²) >= 11 is 0. The largest absolute Gasteiger partial charge is 0.341 e. The Morgan fingerprint density at radius 1 is 0.676 bits per heavy atom. The van der Waals surface area contributed by atoms with Crippen molar-refractivity contribution in [2.24, 2.45) is 11.8 Å². The van der Waals surface area contributed by atoms with Crippen molar-refractivity contribution in [2.75, 3.05) is 6.54 Å². The normalized spacial score (nSPS) is 27.7. The van der Waals surface area contributed by atoms with E-state index in [-0.39, 0.29) is 0 Å². The molecule has 3 aliphatic rings. The summed E-state index contributed by atoms with van der Waals surface area (Å²) < 4.78 is 0. The first kappa shape index (κ1) is 20.2. The molecule has 172 valence electrons. The molecular formula is C28H30N6. The Morgan fingerprint density at radius 2 is 1.24 bits per heavy atom. The van der Waals surface area contributed by atoms with Gasteiger partial charge in [0.15, 0.2) is 0 Å². The third-order valence-electron chi connectivity index (χ3n) is 7.80. The van der Waals surface area contributed by atoms with Crippen LogP contribution in [0, 0.1) is 11.8 Å². The van der Waals surface area contributed by atoms with Crippen molar-refractivity contribution in [3.63, 3.8) is 0 Å². The van der Waals surface area contributed by atoms with Crippen molar-refractivity contribution in [1.29, 1.82) is 0 Å². The molecule has 1 aliphatic carbocycles. The van der Waals surface area contributed by atoms with E-state index in [4.69, 9.17) is 0 Å². The molecule has 2 aromatic carbocycles. The molecule has 0 radical (unpaired) electrons. The number of hydrogen-bond acceptors (Lipinski definition) is 4. The van der Waals surface area contributed by atoms with E-state index in [0.29, 0.717) is 18.0 Å². The molecule has 7 rings (SSSR count). The molecule has 0 spiro atoms. The van der Waals surface area contributed by atoms with Gasteiger partial charge >= 0.3 is 0 Å². The van der Waals surface area contributed by atoms with Crippen LogP contribution < -0.4 is 10.6 Å². The van der Waals surface area contributed by atoms with Crippen LogP contribution in [0.15, 0.2) is 60.9 Å². The highest BCUT2D eigenvalue weighted by atomic mass is 15.1. The Hall–Kier alpha value is -3.22. The Morgan fingerprint density at radius 3 is 1.74 bits per heavy atom. The number of hydrogen-bond donors (Lipinski definition) is 4. The number of rotatable bonds is 5. The van der Waals surface area contributed by atoms with Crippen LogP contribution in [0.2, 0.25) is 0 Å². The van der Waals surface area contributed by atoms with Crippen LogP contribution in [0.3, 0.4) is 0 Å². The summed E-state index contributed by atoms with van der Waals surface area (Å²) in [4.78, 5) is 16.3. The molecule has 6 heteroatoms. The molecule has 0 amide bonds. The molecule has 0 bridgehead atoms. The molecule has 4 heterocycles. The van der Waals surface area contributed by atoms with Gasteiger partial charge in [-0.2, -0.15) is 0 Å². The third-order valence-corrected chi connectivity index (χ3v) is 7.80. The average molecular weight is 451 g/mol. The fourth-order valence-electron chi connectivity index (χ4n) is 5.66. The molecule has 4 N–H and O–H groups in total. The van der Waals surface area contributed by atoms with E-state index in [1.807, 2.05) is 12.4 Å². The first-order valence-corrected chi connectivity index (χ1v) is 12.5. The fraction of sp³-hybridized carbons (Fsp3) is 0.357. The van der Waals surface area contributed by atoms with E-state index in [0.717, 1.165) is 53.5 Å². The van der Waals surface area contributed by atoms with Gasteiger partial charge in [0, 0.05) is 6.04 Å². The standard InChI is InChI=1S/C28H30N6/c1-16-10-23(29-13-16)27-30-14-25(33-27)19-6-2-17(3-7-19)18-4-8-20(9-5-18)26-15-31-28(34-26)24-12-21-11-22(21)32-24/h2-9,14-16,21-24,29,32H,10-13H2,1H3,(H,30,33)(H,31,34)/t16-,21?,22+,23?,24?/m1/s1. The highest BCUT2D eigenvalue weighted by molar-refractivity contribution is 5.71. The second kappa shape index (κ2) is 7.93. The summed E-state index contributed by atoms with van der Waals surface area (Å²) in [7, 11) is 0. The lowest BCUT2D eigenvalue weighted by Gasteiger charge is -2.09. The van der Waals surface area contributed by atoms with Gasteiger partial charge < -0.3 is 20.6 Å². The number of nitrogens with one attached hydrogen (secondary N) is 4. The van der Waals surface area contributed by atoms with Crippen molar-refractivity contribution in [3.8, 4) is 33.6 Å². The lowest BCUT2D eigenvalue weighted by atomic mass is 10.0. The number of aromatic amines is 2. The summed E-state index contributed by atoms with van der Waals surface area (Å²) in [6, 6.07) is 18.9. The molecule has 2 saturated heterocycles. The Kier molecular flexibility index (Phi) is 4.71. The van der Waals surface area contributed by atoms with Crippen LogP contribution in [0.1, 0.15) is 49.9 Å². The lowest BCUT2D eigenvalue weighted by molar-refractivity contribution is 0.543. The molecular weight excluding hydrogens is 420 g/mol. The van der Waals surface area contributed by atoms with Gasteiger partial charge in [0.2, 0.25) is 0 Å². The van der Waals surface area contributed by atoms with E-state index in [1.54, 1.807) is 0 Å². The van der Waals surface area contributed by atoms with Crippen molar-refractivity contribution in [3.05, 3.63) is 72.6 Å². The maximum absolute atomic E-state index is 4.65. The van der Waals surface area contributed by atoms with E-state index in [1.165, 1.54) is 29.5 Å². The van der Waals surface area contributed by atoms with Gasteiger partial charge in [-0.3, -0.25) is 0 Å². The van der Waals surface area contributed by atoms with Crippen molar-refractivity contribution >= 4 is 0 Å². The van der Waals surface area contributed by atoms with Crippen molar-refractivity contribution in [1.82, 2.24) is 30.6 Å². The number of nitrogens with zero attached hydrogens (tertiary/aromatic N) is 2. The molecule has 1 saturated carbocycles. The van der Waals surface area contributed by atoms with Crippen LogP contribution in [0.25, 0.3) is 33.6 Å². The lowest BCUT2D eigenvalue weighted by Crippen LogP contribution is -2.18. The number of fused-ring (bicyclic) bond motifs is 1. The average Bonchev–Trinajstić information content (AvgIpc) is 3.44. The topological polar surface area (TPSA) is 81.4 Å². The maximum atomic E-state index is 4.65. The smallest absolute Gasteiger partial charge is 0.123 e. The van der Waals surface area contributed by atoms with Crippen LogP contribution in [0.5, 0.6) is 0 Å². The van der Waals surface area contributed by atoms with Crippen LogP contribution in [0.4, 0.5) is 0 Å². The Balaban J connectivity index is 1.05. The molecule has 5 atom stereocenters. The minimum atomic E-state index is 0.340. The number of piperidine rings is 1. The van der Waals surface area contributed by atoms with Crippen molar-refractivity contribution < 1.29 is 0 Å². The Bertz CT molecular complexity index is 1200. The predicted octanol–water partition coefficient (Wildman–Crippen LogP) is 5.23. The van der Waals surface area contributed by atoms with Gasteiger partial charge in [0.05, 0.1) is 35.9 Å². The van der Waals surface area contributed by atoms with E-state index >= 15 is 0 Å². The fourth-order valence-corrected chi connectivity index (χ4v) is 5.66. The minimum Gasteiger partial charge on any atom is -0.341 e. The second-order valence-corrected chi connectivity index (χ2v) is 10.4. The zero-order chi connectivity index (χ0) is 22.6. The SMILES string of the molecule is C[C@H]1CNC(c2ncc(-c3ccc(-c4ccc(-c5cnc(C6CC7C[C@@H]7N6)[nH]5)cc4)cc3)[nH]2)C1. The highest BCUT2D eigenvalue weighted by Gasteiger charge is 2.46. The summed E-state index contributed by atoms with van der Waals surface area (Å²) in [5.41, 5.74) is 6.90. The molecule has 3 unspecified atom stereocenters. The summed E-state index contributed by atoms with van der Waals surface area (Å²) in [6.07, 6.45) is 7.60. The second-order valence-electron chi connectivity index (χ2n) is 10.4. The zero-order valence-electron chi connectivity index (χ0n) is 19.4. The first-order chi connectivity index (χ1) is 16.7. The molecule has 2 aromatic heterocycles. The van der Waals surface area contributed by atoms with Crippen LogP contribution in [-0.2, 0) is 0 Å². The van der Waals surface area contributed by atoms with Crippen molar-refractivity contribution in [2.45, 2.75) is 44.3 Å². The van der Waals surface area contributed by atoms with E-state index in [2.05, 4.69) is 86.0 Å². The van der Waals surface area contributed by atoms with Gasteiger partial charge in [-0.25, -0.2) is 9.97 Å². The van der Waals surface area contributed by atoms with Gasteiger partial charge in [0.1, 0.15) is 11.6 Å². The van der Waals surface area contributed by atoms with Gasteiger partial charge in [-0.1, -0.05) is 55.5 Å². The predicted molar refractivity (Wildman–Crippen MR) is 134 cm³/mol. The maximum Gasteiger partial charge on any atom is 0.123 e. The third kappa shape index (κ3) is 3.67. The van der Waals surface area contributed by atoms with Gasteiger partial charge in [0.25, 0.3) is 0 Å². The zero-order valence-corrected chi connectivity index (χ0v) is 19.4. The monoisotopic (exact) mass is 450 g/mol. The van der Waals surface area contributed by atoms with Gasteiger partial charge in [-0.15, -0.1) is 0 Å². The van der Waals surface area contributed by atoms with Gasteiger partial charge in [-0.05, 0) is 59.9 Å². The quantitative estimate of drug-likeness (QED) is 0.336. The molecule has 6 nitrogen and oxygen atoms in total. The summed E-state index contributed by atoms with van der Waals surface area (Å²) in [6.45, 7) is 3.35. The Labute approximate surface area is 199 Å². The molecule has 34 heavy (non-hydrogen) atoms. The van der Waals surface area contributed by atoms with E-state index in [9.17, 15) is 0 Å². The molecule has 3 fully saturated rings. The van der Waals surface area contributed by atoms with E-state index < -0.39 is 0 Å². The molecule has 2 aliphatic heterocycles. The number of H-pyrrole nitrogens is 2. The van der Waals surface area contributed by atoms with Crippen LogP contribution >= 0.6 is 0 Å². The molecule has 4 aromatic rings. The first-order valence-electron chi connectivity index (χ1n) is 12.5. The number of imidazole rings is 2. The number of aromatic nitrogens is 4.